The molecule has 0 amide bonds. The molecule has 0 aromatic heterocycles. The summed E-state index contributed by atoms with van der Waals surface area (Å²) in [4.78, 5) is 0. The molecule has 0 aliphatic heterocycles. The molecule has 3 heteroatoms. The van der Waals surface area contributed by atoms with Crippen molar-refractivity contribution in [2.45, 2.75) is 13.3 Å². The first-order valence-corrected chi connectivity index (χ1v) is 4.32. The molecule has 0 bridgehead atoms. The van der Waals surface area contributed by atoms with Crippen LogP contribution in [0.15, 0.2) is 24.3 Å². The number of nitrogens with one attached hydrogen (secondary N) is 1. The standard InChI is InChI=1S/C10H14N2O/c1-2-7-13-9-6-4-3-5-8(9)10(11)12/h3-6H,2,7H2,1H3,(H3,11,12). The van der Waals surface area contributed by atoms with Crippen LogP contribution in [0.1, 0.15) is 18.9 Å². The number of hydrogen-bond acceptors (Lipinski definition) is 2. The van der Waals surface area contributed by atoms with E-state index in [2.05, 4.69) is 0 Å². The van der Waals surface area contributed by atoms with E-state index in [1.165, 1.54) is 0 Å². The number of benzene rings is 1. The van der Waals surface area contributed by atoms with Gasteiger partial charge in [0.15, 0.2) is 0 Å². The minimum Gasteiger partial charge on any atom is -0.493 e. The predicted molar refractivity (Wildman–Crippen MR) is 53.2 cm³/mol. The lowest BCUT2D eigenvalue weighted by molar-refractivity contribution is 0.317. The Morgan fingerprint density at radius 1 is 1.46 bits per heavy atom. The lowest BCUT2D eigenvalue weighted by atomic mass is 10.2. The smallest absolute Gasteiger partial charge is 0.130 e. The second-order valence-corrected chi connectivity index (χ2v) is 2.76. The van der Waals surface area contributed by atoms with Gasteiger partial charge in [-0.15, -0.1) is 0 Å². The molecule has 0 atom stereocenters. The van der Waals surface area contributed by atoms with Crippen LogP contribution in [0.25, 0.3) is 0 Å². The molecule has 1 aromatic carbocycles. The Morgan fingerprint density at radius 2 is 2.15 bits per heavy atom. The van der Waals surface area contributed by atoms with Gasteiger partial charge in [-0.3, -0.25) is 5.41 Å². The van der Waals surface area contributed by atoms with E-state index in [1.54, 1.807) is 6.07 Å². The van der Waals surface area contributed by atoms with Crippen molar-refractivity contribution in [3.8, 4) is 5.75 Å². The summed E-state index contributed by atoms with van der Waals surface area (Å²) in [7, 11) is 0. The van der Waals surface area contributed by atoms with Gasteiger partial charge in [0.1, 0.15) is 11.6 Å². The number of hydrogen-bond donors (Lipinski definition) is 2. The molecule has 1 rings (SSSR count). The second kappa shape index (κ2) is 4.50. The maximum Gasteiger partial charge on any atom is 0.130 e. The summed E-state index contributed by atoms with van der Waals surface area (Å²) in [6.07, 6.45) is 0.951. The molecule has 0 aliphatic rings. The summed E-state index contributed by atoms with van der Waals surface area (Å²) >= 11 is 0. The quantitative estimate of drug-likeness (QED) is 0.545. The molecule has 13 heavy (non-hydrogen) atoms. The number of para-hydroxylation sites is 1. The van der Waals surface area contributed by atoms with Crippen molar-refractivity contribution in [2.75, 3.05) is 6.61 Å². The van der Waals surface area contributed by atoms with Gasteiger partial charge in [-0.1, -0.05) is 19.1 Å². The maximum atomic E-state index is 7.31. The Balaban J connectivity index is 2.84. The minimum absolute atomic E-state index is 0.0479. The van der Waals surface area contributed by atoms with Crippen molar-refractivity contribution in [1.82, 2.24) is 0 Å². The van der Waals surface area contributed by atoms with Gasteiger partial charge < -0.3 is 10.5 Å². The predicted octanol–water partition coefficient (Wildman–Crippen LogP) is 1.76. The normalized spacial score (nSPS) is 9.62. The Labute approximate surface area is 78.0 Å². The highest BCUT2D eigenvalue weighted by molar-refractivity contribution is 5.97. The highest BCUT2D eigenvalue weighted by Crippen LogP contribution is 2.16. The first-order valence-electron chi connectivity index (χ1n) is 4.32. The van der Waals surface area contributed by atoms with E-state index < -0.39 is 0 Å². The molecular formula is C10H14N2O. The largest absolute Gasteiger partial charge is 0.493 e. The first-order chi connectivity index (χ1) is 6.25. The average Bonchev–Trinajstić information content (AvgIpc) is 2.15. The number of amidine groups is 1. The van der Waals surface area contributed by atoms with Gasteiger partial charge in [0.05, 0.1) is 12.2 Å². The Morgan fingerprint density at radius 3 is 2.77 bits per heavy atom. The number of ether oxygens (including phenoxy) is 1. The molecule has 0 spiro atoms. The molecule has 0 aliphatic carbocycles. The topological polar surface area (TPSA) is 59.1 Å². The first kappa shape index (κ1) is 9.58. The average molecular weight is 178 g/mol. The zero-order valence-electron chi connectivity index (χ0n) is 7.71. The van der Waals surface area contributed by atoms with Crippen molar-refractivity contribution >= 4 is 5.84 Å². The van der Waals surface area contributed by atoms with E-state index in [0.29, 0.717) is 17.9 Å². The van der Waals surface area contributed by atoms with Gasteiger partial charge in [-0.25, -0.2) is 0 Å². The van der Waals surface area contributed by atoms with E-state index >= 15 is 0 Å². The fraction of sp³-hybridized carbons (Fsp3) is 0.300. The van der Waals surface area contributed by atoms with Crippen LogP contribution in [0.3, 0.4) is 0 Å². The van der Waals surface area contributed by atoms with Crippen LogP contribution in [-0.2, 0) is 0 Å². The molecule has 70 valence electrons. The number of nitrogens with two attached hydrogens (primary N) is 1. The van der Waals surface area contributed by atoms with Crippen molar-refractivity contribution in [3.63, 3.8) is 0 Å². The van der Waals surface area contributed by atoms with E-state index in [9.17, 15) is 0 Å². The Kier molecular flexibility index (Phi) is 3.31. The molecule has 3 N–H and O–H groups in total. The highest BCUT2D eigenvalue weighted by Gasteiger charge is 2.03. The lowest BCUT2D eigenvalue weighted by Crippen LogP contribution is -2.13. The highest BCUT2D eigenvalue weighted by atomic mass is 16.5. The van der Waals surface area contributed by atoms with E-state index in [4.69, 9.17) is 15.9 Å². The third kappa shape index (κ3) is 2.47. The zero-order valence-corrected chi connectivity index (χ0v) is 7.71. The zero-order chi connectivity index (χ0) is 9.68. The van der Waals surface area contributed by atoms with Crippen molar-refractivity contribution in [3.05, 3.63) is 29.8 Å². The summed E-state index contributed by atoms with van der Waals surface area (Å²) in [5.41, 5.74) is 6.05. The summed E-state index contributed by atoms with van der Waals surface area (Å²) in [5, 5.41) is 7.31. The molecule has 0 heterocycles. The minimum atomic E-state index is 0.0479. The molecule has 0 saturated heterocycles. The van der Waals surface area contributed by atoms with Crippen LogP contribution in [0.4, 0.5) is 0 Å². The molecule has 3 nitrogen and oxygen atoms in total. The van der Waals surface area contributed by atoms with Gasteiger partial charge >= 0.3 is 0 Å². The molecule has 1 aromatic rings. The van der Waals surface area contributed by atoms with Gasteiger partial charge in [0, 0.05) is 0 Å². The second-order valence-electron chi connectivity index (χ2n) is 2.76. The summed E-state index contributed by atoms with van der Waals surface area (Å²) in [6.45, 7) is 2.70. The number of rotatable bonds is 4. The van der Waals surface area contributed by atoms with Gasteiger partial charge in [-0.05, 0) is 18.6 Å². The summed E-state index contributed by atoms with van der Waals surface area (Å²) in [5.74, 6) is 0.739. The van der Waals surface area contributed by atoms with E-state index in [-0.39, 0.29) is 5.84 Å². The molecule has 0 fully saturated rings. The van der Waals surface area contributed by atoms with Crippen molar-refractivity contribution in [1.29, 1.82) is 5.41 Å². The molecule has 0 unspecified atom stereocenters. The molecule has 0 radical (unpaired) electrons. The lowest BCUT2D eigenvalue weighted by Gasteiger charge is -2.08. The third-order valence-electron chi connectivity index (χ3n) is 1.64. The van der Waals surface area contributed by atoms with Gasteiger partial charge in [0.2, 0.25) is 0 Å². The van der Waals surface area contributed by atoms with Crippen LogP contribution in [-0.4, -0.2) is 12.4 Å². The summed E-state index contributed by atoms with van der Waals surface area (Å²) < 4.78 is 5.43. The Bertz CT molecular complexity index is 297. The summed E-state index contributed by atoms with van der Waals surface area (Å²) in [6, 6.07) is 7.33. The fourth-order valence-corrected chi connectivity index (χ4v) is 1.03. The van der Waals surface area contributed by atoms with Crippen LogP contribution < -0.4 is 10.5 Å². The van der Waals surface area contributed by atoms with Crippen LogP contribution in [0, 0.1) is 5.41 Å². The fourth-order valence-electron chi connectivity index (χ4n) is 1.03. The Hall–Kier alpha value is -1.51. The monoisotopic (exact) mass is 178 g/mol. The van der Waals surface area contributed by atoms with Crippen LogP contribution in [0.2, 0.25) is 0 Å². The van der Waals surface area contributed by atoms with Crippen LogP contribution in [0.5, 0.6) is 5.75 Å². The van der Waals surface area contributed by atoms with Crippen molar-refractivity contribution in [2.24, 2.45) is 5.73 Å². The molecule has 0 saturated carbocycles. The third-order valence-corrected chi connectivity index (χ3v) is 1.64. The van der Waals surface area contributed by atoms with Gasteiger partial charge in [0.25, 0.3) is 0 Å². The number of nitrogen functional groups attached to an aromatic ring is 1. The van der Waals surface area contributed by atoms with E-state index in [0.717, 1.165) is 6.42 Å². The van der Waals surface area contributed by atoms with E-state index in [1.807, 2.05) is 25.1 Å². The van der Waals surface area contributed by atoms with Crippen molar-refractivity contribution < 1.29 is 4.74 Å². The van der Waals surface area contributed by atoms with Crippen LogP contribution >= 0.6 is 0 Å². The SMILES string of the molecule is CCCOc1ccccc1C(=N)N. The maximum absolute atomic E-state index is 7.31. The molecular weight excluding hydrogens is 164 g/mol. The van der Waals surface area contributed by atoms with Gasteiger partial charge in [-0.2, -0.15) is 0 Å².